The molecule has 0 spiro atoms. The van der Waals surface area contributed by atoms with Gasteiger partial charge in [-0.25, -0.2) is 4.79 Å². The van der Waals surface area contributed by atoms with Crippen LogP contribution in [0.25, 0.3) is 0 Å². The van der Waals surface area contributed by atoms with Gasteiger partial charge in [-0.3, -0.25) is 14.4 Å². The van der Waals surface area contributed by atoms with Gasteiger partial charge in [0.25, 0.3) is 5.91 Å². The van der Waals surface area contributed by atoms with Crippen molar-refractivity contribution in [1.82, 2.24) is 10.3 Å². The van der Waals surface area contributed by atoms with E-state index in [-0.39, 0.29) is 17.8 Å². The molecule has 2 rings (SSSR count). The van der Waals surface area contributed by atoms with Crippen molar-refractivity contribution in [3.63, 3.8) is 0 Å². The van der Waals surface area contributed by atoms with E-state index in [0.29, 0.717) is 16.8 Å². The molecule has 2 aromatic rings. The molecule has 0 saturated heterocycles. The molecule has 1 aromatic heterocycles. The Labute approximate surface area is 175 Å². The number of H-pyrrole nitrogens is 1. The molecule has 2 N–H and O–H groups in total. The third-order valence-electron chi connectivity index (χ3n) is 4.91. The number of aryl methyl sites for hydroxylation is 3. The Morgan fingerprint density at radius 1 is 1.07 bits per heavy atom. The van der Waals surface area contributed by atoms with Crippen molar-refractivity contribution >= 4 is 23.6 Å². The van der Waals surface area contributed by atoms with Gasteiger partial charge in [0, 0.05) is 11.3 Å². The van der Waals surface area contributed by atoms with Gasteiger partial charge in [0.05, 0.1) is 18.4 Å². The Kier molecular flexibility index (Phi) is 7.15. The molecule has 1 amide bonds. The number of nitrogens with one attached hydrogen (secondary N) is 2. The van der Waals surface area contributed by atoms with Crippen molar-refractivity contribution in [2.75, 3.05) is 13.7 Å². The van der Waals surface area contributed by atoms with Gasteiger partial charge < -0.3 is 19.8 Å². The highest BCUT2D eigenvalue weighted by Gasteiger charge is 2.27. The van der Waals surface area contributed by atoms with E-state index in [1.807, 2.05) is 19.9 Å². The highest BCUT2D eigenvalue weighted by molar-refractivity contribution is 6.04. The van der Waals surface area contributed by atoms with Crippen LogP contribution >= 0.6 is 0 Å². The molecular formula is C22H26N2O6. The number of ketones is 1. The van der Waals surface area contributed by atoms with Crippen LogP contribution in [-0.2, 0) is 14.3 Å². The van der Waals surface area contributed by atoms with E-state index < -0.39 is 29.7 Å². The van der Waals surface area contributed by atoms with Crippen LogP contribution in [0.2, 0.25) is 0 Å². The van der Waals surface area contributed by atoms with Gasteiger partial charge in [-0.1, -0.05) is 6.07 Å². The maximum absolute atomic E-state index is 12.7. The summed E-state index contributed by atoms with van der Waals surface area (Å²) in [6.45, 7) is 8.15. The maximum Gasteiger partial charge on any atom is 0.339 e. The quantitative estimate of drug-likeness (QED) is 0.532. The first-order chi connectivity index (χ1) is 14.1. The van der Waals surface area contributed by atoms with Crippen LogP contribution in [0.4, 0.5) is 0 Å². The Morgan fingerprint density at radius 3 is 2.33 bits per heavy atom. The highest BCUT2D eigenvalue weighted by atomic mass is 16.5. The Morgan fingerprint density at radius 2 is 1.73 bits per heavy atom. The first kappa shape index (κ1) is 22.9. The molecule has 1 atom stereocenters. The van der Waals surface area contributed by atoms with Crippen molar-refractivity contribution in [2.45, 2.75) is 40.7 Å². The zero-order valence-electron chi connectivity index (χ0n) is 18.0. The van der Waals surface area contributed by atoms with Gasteiger partial charge in [-0.2, -0.15) is 0 Å². The fourth-order valence-electron chi connectivity index (χ4n) is 3.04. The minimum atomic E-state index is -1.10. The average Bonchev–Trinajstić information content (AvgIpc) is 3.00. The molecule has 0 fully saturated rings. The molecule has 1 heterocycles. The maximum atomic E-state index is 12.7. The Hall–Kier alpha value is -3.42. The first-order valence-corrected chi connectivity index (χ1v) is 9.43. The first-order valence-electron chi connectivity index (χ1n) is 9.43. The largest absolute Gasteiger partial charge is 0.465 e. The second-order valence-electron chi connectivity index (χ2n) is 7.09. The standard InChI is InChI=1S/C22H26N2O6/c1-11-7-8-16(9-12(11)2)21(27)23-10-17(25)30-15(5)20(26)19-13(3)18(14(4)24-19)22(28)29-6/h7-9,15,24H,10H2,1-6H3,(H,23,27). The number of esters is 2. The fraction of sp³-hybridized carbons (Fsp3) is 0.364. The number of benzene rings is 1. The van der Waals surface area contributed by atoms with E-state index in [9.17, 15) is 19.2 Å². The van der Waals surface area contributed by atoms with Crippen LogP contribution in [0.3, 0.4) is 0 Å². The summed E-state index contributed by atoms with van der Waals surface area (Å²) in [5.41, 5.74) is 3.82. The lowest BCUT2D eigenvalue weighted by atomic mass is 10.1. The van der Waals surface area contributed by atoms with E-state index in [1.165, 1.54) is 14.0 Å². The summed E-state index contributed by atoms with van der Waals surface area (Å²) in [6.07, 6.45) is -1.10. The summed E-state index contributed by atoms with van der Waals surface area (Å²) < 4.78 is 9.87. The van der Waals surface area contributed by atoms with Gasteiger partial charge in [0.1, 0.15) is 6.54 Å². The summed E-state index contributed by atoms with van der Waals surface area (Å²) in [5.74, 6) is -2.20. The van der Waals surface area contributed by atoms with Crippen molar-refractivity contribution in [2.24, 2.45) is 0 Å². The van der Waals surface area contributed by atoms with E-state index in [4.69, 9.17) is 9.47 Å². The smallest absolute Gasteiger partial charge is 0.339 e. The van der Waals surface area contributed by atoms with Gasteiger partial charge in [0.15, 0.2) is 6.10 Å². The number of aromatic amines is 1. The number of carbonyl (C=O) groups is 4. The number of hydrogen-bond donors (Lipinski definition) is 2. The van der Waals surface area contributed by atoms with E-state index in [2.05, 4.69) is 10.3 Å². The second-order valence-corrected chi connectivity index (χ2v) is 7.09. The van der Waals surface area contributed by atoms with Gasteiger partial charge in [-0.15, -0.1) is 0 Å². The molecular weight excluding hydrogens is 388 g/mol. The predicted molar refractivity (Wildman–Crippen MR) is 110 cm³/mol. The van der Waals surface area contributed by atoms with Crippen LogP contribution < -0.4 is 5.32 Å². The highest BCUT2D eigenvalue weighted by Crippen LogP contribution is 2.20. The van der Waals surface area contributed by atoms with Gasteiger partial charge in [-0.05, 0) is 63.4 Å². The lowest BCUT2D eigenvalue weighted by Crippen LogP contribution is -2.34. The van der Waals surface area contributed by atoms with E-state index in [1.54, 1.807) is 26.0 Å². The lowest BCUT2D eigenvalue weighted by Gasteiger charge is -2.13. The lowest BCUT2D eigenvalue weighted by molar-refractivity contribution is -0.145. The molecule has 0 aliphatic carbocycles. The zero-order valence-corrected chi connectivity index (χ0v) is 18.0. The molecule has 1 unspecified atom stereocenters. The molecule has 160 valence electrons. The summed E-state index contributed by atoms with van der Waals surface area (Å²) >= 11 is 0. The molecule has 1 aromatic carbocycles. The summed E-state index contributed by atoms with van der Waals surface area (Å²) in [6, 6.07) is 5.23. The van der Waals surface area contributed by atoms with Crippen molar-refractivity contribution in [1.29, 1.82) is 0 Å². The van der Waals surface area contributed by atoms with Crippen LogP contribution in [0.1, 0.15) is 60.5 Å². The van der Waals surface area contributed by atoms with Crippen LogP contribution in [0.5, 0.6) is 0 Å². The van der Waals surface area contributed by atoms with Crippen molar-refractivity contribution in [3.05, 3.63) is 57.4 Å². The Bertz CT molecular complexity index is 1010. The Balaban J connectivity index is 1.98. The molecule has 0 aliphatic rings. The molecule has 30 heavy (non-hydrogen) atoms. The molecule has 0 saturated carbocycles. The number of amides is 1. The molecule has 0 aliphatic heterocycles. The summed E-state index contributed by atoms with van der Waals surface area (Å²) in [4.78, 5) is 51.7. The SMILES string of the molecule is COC(=O)c1c(C)[nH]c(C(=O)C(C)OC(=O)CNC(=O)c2ccc(C)c(C)c2)c1C. The van der Waals surface area contributed by atoms with Gasteiger partial charge >= 0.3 is 11.9 Å². The molecule has 0 radical (unpaired) electrons. The zero-order chi connectivity index (χ0) is 22.6. The number of ether oxygens (including phenoxy) is 2. The van der Waals surface area contributed by atoms with Crippen LogP contribution in [0, 0.1) is 27.7 Å². The minimum Gasteiger partial charge on any atom is -0.465 e. The number of Topliss-reactive ketones (excluding diaryl/α,β-unsaturated/α-hetero) is 1. The van der Waals surface area contributed by atoms with Gasteiger partial charge in [0.2, 0.25) is 5.78 Å². The van der Waals surface area contributed by atoms with Crippen LogP contribution in [0.15, 0.2) is 18.2 Å². The number of aromatic nitrogens is 1. The number of rotatable bonds is 7. The third kappa shape index (κ3) is 4.94. The number of carbonyl (C=O) groups excluding carboxylic acids is 4. The predicted octanol–water partition coefficient (Wildman–Crippen LogP) is 2.58. The summed E-state index contributed by atoms with van der Waals surface area (Å²) in [7, 11) is 1.26. The number of methoxy groups -OCH3 is 1. The summed E-state index contributed by atoms with van der Waals surface area (Å²) in [5, 5.41) is 2.48. The minimum absolute atomic E-state index is 0.173. The van der Waals surface area contributed by atoms with E-state index >= 15 is 0 Å². The third-order valence-corrected chi connectivity index (χ3v) is 4.91. The fourth-order valence-corrected chi connectivity index (χ4v) is 3.04. The molecule has 8 heteroatoms. The van der Waals surface area contributed by atoms with Crippen LogP contribution in [-0.4, -0.2) is 48.4 Å². The topological polar surface area (TPSA) is 115 Å². The van der Waals surface area contributed by atoms with Crippen molar-refractivity contribution in [3.8, 4) is 0 Å². The van der Waals surface area contributed by atoms with E-state index in [0.717, 1.165) is 11.1 Å². The molecule has 8 nitrogen and oxygen atoms in total. The van der Waals surface area contributed by atoms with Crippen molar-refractivity contribution < 1.29 is 28.7 Å². The number of hydrogen-bond acceptors (Lipinski definition) is 6. The monoisotopic (exact) mass is 414 g/mol. The average molecular weight is 414 g/mol. The second kappa shape index (κ2) is 9.39. The molecule has 0 bridgehead atoms. The normalized spacial score (nSPS) is 11.5.